The Bertz CT molecular complexity index is 536. The topological polar surface area (TPSA) is 46.5 Å². The Labute approximate surface area is 99.4 Å². The van der Waals surface area contributed by atoms with Crippen molar-refractivity contribution in [3.8, 4) is 11.4 Å². The van der Waals surface area contributed by atoms with Gasteiger partial charge in [0.1, 0.15) is 0 Å². The lowest BCUT2D eigenvalue weighted by atomic mass is 10.2. The molecule has 5 heteroatoms. The monoisotopic (exact) mass is 234 g/mol. The van der Waals surface area contributed by atoms with Gasteiger partial charge in [0.05, 0.1) is 0 Å². The van der Waals surface area contributed by atoms with E-state index < -0.39 is 0 Å². The highest BCUT2D eigenvalue weighted by Crippen LogP contribution is 2.20. The van der Waals surface area contributed by atoms with E-state index in [0.29, 0.717) is 4.77 Å². The molecule has 0 aliphatic rings. The molecule has 0 aliphatic carbocycles. The summed E-state index contributed by atoms with van der Waals surface area (Å²) in [6.45, 7) is 6.12. The molecule has 2 aromatic rings. The van der Waals surface area contributed by atoms with Crippen molar-refractivity contribution in [2.45, 2.75) is 26.8 Å². The summed E-state index contributed by atoms with van der Waals surface area (Å²) in [5.41, 5.74) is 1.97. The SMILES string of the molecule is Cc1ccc(-c2n[nH]c(=S)n2C(C)C)cn1. The molecule has 0 atom stereocenters. The summed E-state index contributed by atoms with van der Waals surface area (Å²) < 4.78 is 2.63. The normalized spacial score (nSPS) is 11.0. The number of pyridine rings is 1. The van der Waals surface area contributed by atoms with Crippen LogP contribution in [0.4, 0.5) is 0 Å². The molecule has 0 aliphatic heterocycles. The van der Waals surface area contributed by atoms with Crippen LogP contribution in [0.3, 0.4) is 0 Å². The van der Waals surface area contributed by atoms with Crippen molar-refractivity contribution in [2.75, 3.05) is 0 Å². The Morgan fingerprint density at radius 2 is 2.12 bits per heavy atom. The molecule has 1 N–H and O–H groups in total. The second-order valence-electron chi connectivity index (χ2n) is 4.00. The summed E-state index contributed by atoms with van der Waals surface area (Å²) >= 11 is 5.20. The molecule has 84 valence electrons. The van der Waals surface area contributed by atoms with Gasteiger partial charge in [-0.25, -0.2) is 0 Å². The van der Waals surface area contributed by atoms with Crippen molar-refractivity contribution in [3.05, 3.63) is 28.8 Å². The number of H-pyrrole nitrogens is 1. The van der Waals surface area contributed by atoms with E-state index in [-0.39, 0.29) is 6.04 Å². The van der Waals surface area contributed by atoms with Crippen molar-refractivity contribution in [3.63, 3.8) is 0 Å². The highest BCUT2D eigenvalue weighted by molar-refractivity contribution is 7.71. The first-order valence-corrected chi connectivity index (χ1v) is 5.60. The van der Waals surface area contributed by atoms with E-state index >= 15 is 0 Å². The van der Waals surface area contributed by atoms with Gasteiger partial charge in [-0.05, 0) is 45.1 Å². The third-order valence-electron chi connectivity index (χ3n) is 2.39. The Balaban J connectivity index is 2.56. The molecule has 4 nitrogen and oxygen atoms in total. The van der Waals surface area contributed by atoms with Gasteiger partial charge >= 0.3 is 0 Å². The molecule has 2 rings (SSSR count). The first-order chi connectivity index (χ1) is 7.59. The van der Waals surface area contributed by atoms with Crippen LogP contribution in [0.1, 0.15) is 25.6 Å². The van der Waals surface area contributed by atoms with Crippen LogP contribution in [0.2, 0.25) is 0 Å². The second-order valence-corrected chi connectivity index (χ2v) is 4.39. The minimum Gasteiger partial charge on any atom is -0.298 e. The molecule has 16 heavy (non-hydrogen) atoms. The van der Waals surface area contributed by atoms with Crippen LogP contribution >= 0.6 is 12.2 Å². The Hall–Kier alpha value is -1.49. The molecule has 0 spiro atoms. The quantitative estimate of drug-likeness (QED) is 0.813. The van der Waals surface area contributed by atoms with E-state index in [0.717, 1.165) is 17.1 Å². The number of rotatable bonds is 2. The molecular weight excluding hydrogens is 220 g/mol. The number of nitrogens with one attached hydrogen (secondary N) is 1. The first kappa shape index (κ1) is 11.0. The lowest BCUT2D eigenvalue weighted by molar-refractivity contribution is 0.597. The fraction of sp³-hybridized carbons (Fsp3) is 0.364. The van der Waals surface area contributed by atoms with Gasteiger partial charge in [-0.3, -0.25) is 14.6 Å². The smallest absolute Gasteiger partial charge is 0.195 e. The van der Waals surface area contributed by atoms with E-state index in [1.807, 2.05) is 29.8 Å². The van der Waals surface area contributed by atoms with Crippen LogP contribution < -0.4 is 0 Å². The summed E-state index contributed by atoms with van der Waals surface area (Å²) in [6, 6.07) is 4.26. The van der Waals surface area contributed by atoms with Gasteiger partial charge in [-0.2, -0.15) is 5.10 Å². The Kier molecular flexibility index (Phi) is 2.87. The van der Waals surface area contributed by atoms with Gasteiger partial charge in [0.15, 0.2) is 10.6 Å². The van der Waals surface area contributed by atoms with Crippen LogP contribution in [-0.4, -0.2) is 19.7 Å². The van der Waals surface area contributed by atoms with Crippen LogP contribution in [0.15, 0.2) is 18.3 Å². The molecule has 2 heterocycles. The molecule has 2 aromatic heterocycles. The summed E-state index contributed by atoms with van der Waals surface area (Å²) in [4.78, 5) is 4.26. The van der Waals surface area contributed by atoms with Crippen LogP contribution in [0.5, 0.6) is 0 Å². The van der Waals surface area contributed by atoms with Crippen LogP contribution in [-0.2, 0) is 0 Å². The minimum absolute atomic E-state index is 0.280. The molecule has 0 aromatic carbocycles. The average molecular weight is 234 g/mol. The molecule has 0 fully saturated rings. The van der Waals surface area contributed by atoms with Crippen molar-refractivity contribution >= 4 is 12.2 Å². The van der Waals surface area contributed by atoms with Crippen molar-refractivity contribution in [1.29, 1.82) is 0 Å². The zero-order valence-electron chi connectivity index (χ0n) is 9.56. The van der Waals surface area contributed by atoms with E-state index in [1.165, 1.54) is 0 Å². The molecule has 0 saturated carbocycles. The van der Waals surface area contributed by atoms with Crippen molar-refractivity contribution < 1.29 is 0 Å². The third-order valence-corrected chi connectivity index (χ3v) is 2.68. The molecule has 0 saturated heterocycles. The predicted octanol–water partition coefficient (Wildman–Crippen LogP) is 2.89. The van der Waals surface area contributed by atoms with Gasteiger partial charge in [-0.1, -0.05) is 0 Å². The average Bonchev–Trinajstić information content (AvgIpc) is 2.61. The number of aryl methyl sites for hydroxylation is 1. The maximum absolute atomic E-state index is 5.20. The highest BCUT2D eigenvalue weighted by Gasteiger charge is 2.11. The highest BCUT2D eigenvalue weighted by atomic mass is 32.1. The maximum Gasteiger partial charge on any atom is 0.195 e. The lowest BCUT2D eigenvalue weighted by Gasteiger charge is -2.09. The molecule has 0 bridgehead atoms. The van der Waals surface area contributed by atoms with Crippen molar-refractivity contribution in [1.82, 2.24) is 19.7 Å². The summed E-state index contributed by atoms with van der Waals surface area (Å²) in [5.74, 6) is 0.840. The zero-order chi connectivity index (χ0) is 11.7. The van der Waals surface area contributed by atoms with Gasteiger partial charge in [-0.15, -0.1) is 0 Å². The zero-order valence-corrected chi connectivity index (χ0v) is 10.4. The summed E-state index contributed by atoms with van der Waals surface area (Å²) in [6.07, 6.45) is 1.82. The maximum atomic E-state index is 5.20. The molecule has 0 unspecified atom stereocenters. The van der Waals surface area contributed by atoms with Gasteiger partial charge in [0.2, 0.25) is 0 Å². The molecule has 0 amide bonds. The van der Waals surface area contributed by atoms with Crippen LogP contribution in [0.25, 0.3) is 11.4 Å². The fourth-order valence-corrected chi connectivity index (χ4v) is 1.93. The summed E-state index contributed by atoms with van der Waals surface area (Å²) in [5, 5.41) is 7.06. The van der Waals surface area contributed by atoms with Crippen molar-refractivity contribution in [2.24, 2.45) is 0 Å². The minimum atomic E-state index is 0.280. The first-order valence-electron chi connectivity index (χ1n) is 5.19. The largest absolute Gasteiger partial charge is 0.298 e. The van der Waals surface area contributed by atoms with E-state index in [4.69, 9.17) is 12.2 Å². The number of hydrogen-bond donors (Lipinski definition) is 1. The van der Waals surface area contributed by atoms with E-state index in [9.17, 15) is 0 Å². The standard InChI is InChI=1S/C11H14N4S/c1-7(2)15-10(13-14-11(15)16)9-5-4-8(3)12-6-9/h4-7H,1-3H3,(H,14,16). The van der Waals surface area contributed by atoms with Gasteiger partial charge < -0.3 is 0 Å². The predicted molar refractivity (Wildman–Crippen MR) is 65.8 cm³/mol. The Morgan fingerprint density at radius 3 is 2.69 bits per heavy atom. The summed E-state index contributed by atoms with van der Waals surface area (Å²) in [7, 11) is 0. The Morgan fingerprint density at radius 1 is 1.38 bits per heavy atom. The molecule has 0 radical (unpaired) electrons. The number of aromatic amines is 1. The van der Waals surface area contributed by atoms with Gasteiger partial charge in [0, 0.05) is 23.5 Å². The van der Waals surface area contributed by atoms with E-state index in [2.05, 4.69) is 29.0 Å². The van der Waals surface area contributed by atoms with E-state index in [1.54, 1.807) is 0 Å². The number of aromatic nitrogens is 4. The number of hydrogen-bond acceptors (Lipinski definition) is 3. The van der Waals surface area contributed by atoms with Crippen LogP contribution in [0, 0.1) is 11.7 Å². The number of nitrogens with zero attached hydrogens (tertiary/aromatic N) is 3. The fourth-order valence-electron chi connectivity index (χ4n) is 1.59. The second kappa shape index (κ2) is 4.17. The lowest BCUT2D eigenvalue weighted by Crippen LogP contribution is -2.03. The molecular formula is C11H14N4S. The van der Waals surface area contributed by atoms with Gasteiger partial charge in [0.25, 0.3) is 0 Å². The third kappa shape index (κ3) is 1.90.